The van der Waals surface area contributed by atoms with Crippen LogP contribution >= 0.6 is 0 Å². The standard InChI is InChI=1S/C8H10N2O2/c9-4-6-2-1-5(8(10)12)3-7(6)11/h1-3,11H,4,9H2,(H2,10,12). The monoisotopic (exact) mass is 166 g/mol. The SMILES string of the molecule is NCc1ccc(C(N)=O)cc1O. The molecular weight excluding hydrogens is 156 g/mol. The molecule has 1 rings (SSSR count). The summed E-state index contributed by atoms with van der Waals surface area (Å²) in [5, 5.41) is 9.25. The van der Waals surface area contributed by atoms with Gasteiger partial charge in [0.15, 0.2) is 0 Å². The number of phenols is 1. The van der Waals surface area contributed by atoms with Crippen molar-refractivity contribution in [2.75, 3.05) is 0 Å². The summed E-state index contributed by atoms with van der Waals surface area (Å²) in [4.78, 5) is 10.6. The number of primary amides is 1. The zero-order valence-electron chi connectivity index (χ0n) is 6.45. The number of hydrogen-bond donors (Lipinski definition) is 3. The minimum absolute atomic E-state index is 0.00815. The predicted molar refractivity (Wildman–Crippen MR) is 44.5 cm³/mol. The lowest BCUT2D eigenvalue weighted by Crippen LogP contribution is -2.11. The Balaban J connectivity index is 3.10. The summed E-state index contributed by atoms with van der Waals surface area (Å²) >= 11 is 0. The second-order valence-corrected chi connectivity index (χ2v) is 2.41. The van der Waals surface area contributed by atoms with Gasteiger partial charge >= 0.3 is 0 Å². The third-order valence-corrected chi connectivity index (χ3v) is 1.59. The highest BCUT2D eigenvalue weighted by Gasteiger charge is 2.03. The molecule has 0 aliphatic rings. The largest absolute Gasteiger partial charge is 0.508 e. The molecule has 0 atom stereocenters. The Hall–Kier alpha value is -1.55. The van der Waals surface area contributed by atoms with Gasteiger partial charge < -0.3 is 16.6 Å². The maximum absolute atomic E-state index is 10.6. The van der Waals surface area contributed by atoms with E-state index in [4.69, 9.17) is 11.5 Å². The molecule has 0 bridgehead atoms. The zero-order valence-corrected chi connectivity index (χ0v) is 6.45. The fourth-order valence-corrected chi connectivity index (χ4v) is 0.890. The Labute approximate surface area is 69.8 Å². The van der Waals surface area contributed by atoms with Crippen molar-refractivity contribution >= 4 is 5.91 Å². The van der Waals surface area contributed by atoms with E-state index in [0.717, 1.165) is 0 Å². The lowest BCUT2D eigenvalue weighted by molar-refractivity contribution is 0.1000. The average molecular weight is 166 g/mol. The van der Waals surface area contributed by atoms with E-state index in [2.05, 4.69) is 0 Å². The number of rotatable bonds is 2. The van der Waals surface area contributed by atoms with Crippen molar-refractivity contribution in [2.24, 2.45) is 11.5 Å². The van der Waals surface area contributed by atoms with E-state index in [1.807, 2.05) is 0 Å². The van der Waals surface area contributed by atoms with E-state index in [9.17, 15) is 9.90 Å². The Kier molecular flexibility index (Phi) is 2.30. The average Bonchev–Trinajstić information content (AvgIpc) is 2.04. The van der Waals surface area contributed by atoms with Crippen LogP contribution in [-0.2, 0) is 6.54 Å². The highest BCUT2D eigenvalue weighted by Crippen LogP contribution is 2.17. The van der Waals surface area contributed by atoms with Gasteiger partial charge in [-0.3, -0.25) is 4.79 Å². The molecule has 64 valence electrons. The van der Waals surface area contributed by atoms with Gasteiger partial charge in [0, 0.05) is 17.7 Å². The summed E-state index contributed by atoms with van der Waals surface area (Å²) in [6.07, 6.45) is 0. The Morgan fingerprint density at radius 2 is 2.17 bits per heavy atom. The minimum Gasteiger partial charge on any atom is -0.508 e. The summed E-state index contributed by atoms with van der Waals surface area (Å²) in [5.41, 5.74) is 11.2. The third-order valence-electron chi connectivity index (χ3n) is 1.59. The number of aromatic hydroxyl groups is 1. The van der Waals surface area contributed by atoms with Crippen LogP contribution in [0.5, 0.6) is 5.75 Å². The van der Waals surface area contributed by atoms with Crippen LogP contribution in [0.3, 0.4) is 0 Å². The smallest absolute Gasteiger partial charge is 0.248 e. The van der Waals surface area contributed by atoms with Gasteiger partial charge in [0.25, 0.3) is 0 Å². The molecule has 4 nitrogen and oxygen atoms in total. The van der Waals surface area contributed by atoms with Gasteiger partial charge in [0.05, 0.1) is 0 Å². The lowest BCUT2D eigenvalue weighted by atomic mass is 10.1. The van der Waals surface area contributed by atoms with E-state index in [1.165, 1.54) is 12.1 Å². The molecule has 1 aromatic rings. The van der Waals surface area contributed by atoms with Gasteiger partial charge in [-0.2, -0.15) is 0 Å². The Morgan fingerprint density at radius 1 is 1.50 bits per heavy atom. The number of nitrogens with two attached hydrogens (primary N) is 2. The molecule has 0 fully saturated rings. The van der Waals surface area contributed by atoms with Gasteiger partial charge in [-0.1, -0.05) is 6.07 Å². The highest BCUT2D eigenvalue weighted by molar-refractivity contribution is 5.93. The van der Waals surface area contributed by atoms with Gasteiger partial charge in [-0.25, -0.2) is 0 Å². The number of carbonyl (C=O) groups is 1. The van der Waals surface area contributed by atoms with Gasteiger partial charge in [0.1, 0.15) is 5.75 Å². The quantitative estimate of drug-likeness (QED) is 0.575. The summed E-state index contributed by atoms with van der Waals surface area (Å²) in [7, 11) is 0. The summed E-state index contributed by atoms with van der Waals surface area (Å²) in [6.45, 7) is 0.241. The second-order valence-electron chi connectivity index (χ2n) is 2.41. The number of hydrogen-bond acceptors (Lipinski definition) is 3. The van der Waals surface area contributed by atoms with Gasteiger partial charge in [-0.15, -0.1) is 0 Å². The molecule has 1 aromatic carbocycles. The second kappa shape index (κ2) is 3.23. The van der Waals surface area contributed by atoms with Crippen LogP contribution in [-0.4, -0.2) is 11.0 Å². The lowest BCUT2D eigenvalue weighted by Gasteiger charge is -2.01. The maximum atomic E-state index is 10.6. The van der Waals surface area contributed by atoms with Crippen molar-refractivity contribution in [2.45, 2.75) is 6.54 Å². The van der Waals surface area contributed by atoms with Crippen LogP contribution in [0, 0.1) is 0 Å². The molecule has 12 heavy (non-hydrogen) atoms. The molecule has 0 aliphatic heterocycles. The molecule has 0 aliphatic carbocycles. The van der Waals surface area contributed by atoms with Crippen molar-refractivity contribution in [1.29, 1.82) is 0 Å². The summed E-state index contributed by atoms with van der Waals surface area (Å²) in [6, 6.07) is 4.42. The first-order valence-electron chi connectivity index (χ1n) is 3.47. The first-order chi connectivity index (χ1) is 5.65. The van der Waals surface area contributed by atoms with Crippen LogP contribution in [0.4, 0.5) is 0 Å². The predicted octanol–water partition coefficient (Wildman–Crippen LogP) is -0.0502. The molecular formula is C8H10N2O2. The molecule has 0 aromatic heterocycles. The molecule has 5 N–H and O–H groups in total. The summed E-state index contributed by atoms with van der Waals surface area (Å²) in [5.74, 6) is -0.553. The molecule has 0 heterocycles. The normalized spacial score (nSPS) is 9.75. The van der Waals surface area contributed by atoms with E-state index >= 15 is 0 Å². The van der Waals surface area contributed by atoms with Crippen LogP contribution in [0.2, 0.25) is 0 Å². The van der Waals surface area contributed by atoms with E-state index in [1.54, 1.807) is 6.07 Å². The van der Waals surface area contributed by atoms with E-state index in [-0.39, 0.29) is 17.9 Å². The first kappa shape index (κ1) is 8.55. The van der Waals surface area contributed by atoms with Crippen molar-refractivity contribution in [3.8, 4) is 5.75 Å². The van der Waals surface area contributed by atoms with Gasteiger partial charge in [-0.05, 0) is 12.1 Å². The van der Waals surface area contributed by atoms with E-state index < -0.39 is 5.91 Å². The Morgan fingerprint density at radius 3 is 2.58 bits per heavy atom. The molecule has 0 unspecified atom stereocenters. The van der Waals surface area contributed by atoms with Crippen LogP contribution < -0.4 is 11.5 Å². The number of benzene rings is 1. The van der Waals surface area contributed by atoms with Crippen LogP contribution in [0.25, 0.3) is 0 Å². The number of phenolic OH excluding ortho intramolecular Hbond substituents is 1. The topological polar surface area (TPSA) is 89.3 Å². The van der Waals surface area contributed by atoms with Crippen LogP contribution in [0.15, 0.2) is 18.2 Å². The fourth-order valence-electron chi connectivity index (χ4n) is 0.890. The fraction of sp³-hybridized carbons (Fsp3) is 0.125. The van der Waals surface area contributed by atoms with Crippen LogP contribution in [0.1, 0.15) is 15.9 Å². The van der Waals surface area contributed by atoms with Crippen molar-refractivity contribution < 1.29 is 9.90 Å². The number of carbonyl (C=O) groups excluding carboxylic acids is 1. The minimum atomic E-state index is -0.561. The molecule has 0 saturated heterocycles. The van der Waals surface area contributed by atoms with E-state index in [0.29, 0.717) is 5.56 Å². The molecule has 4 heteroatoms. The third kappa shape index (κ3) is 1.54. The highest BCUT2D eigenvalue weighted by atomic mass is 16.3. The van der Waals surface area contributed by atoms with Crippen molar-refractivity contribution in [1.82, 2.24) is 0 Å². The van der Waals surface area contributed by atoms with Crippen molar-refractivity contribution in [3.63, 3.8) is 0 Å². The van der Waals surface area contributed by atoms with Gasteiger partial charge in [0.2, 0.25) is 5.91 Å². The molecule has 0 radical (unpaired) electrons. The first-order valence-corrected chi connectivity index (χ1v) is 3.47. The summed E-state index contributed by atoms with van der Waals surface area (Å²) < 4.78 is 0. The molecule has 1 amide bonds. The van der Waals surface area contributed by atoms with Crippen molar-refractivity contribution in [3.05, 3.63) is 29.3 Å². The number of amides is 1. The molecule has 0 spiro atoms. The molecule has 0 saturated carbocycles. The zero-order chi connectivity index (χ0) is 9.14. The Bertz CT molecular complexity index is 310. The maximum Gasteiger partial charge on any atom is 0.248 e.